The van der Waals surface area contributed by atoms with Crippen LogP contribution in [0.15, 0.2) is 30.0 Å². The molecule has 0 radical (unpaired) electrons. The van der Waals surface area contributed by atoms with Crippen LogP contribution in [0.5, 0.6) is 0 Å². The molecule has 7 nitrogen and oxygen atoms in total. The fourth-order valence-corrected chi connectivity index (χ4v) is 4.91. The van der Waals surface area contributed by atoms with Crippen LogP contribution in [0, 0.1) is 5.92 Å². The quantitative estimate of drug-likeness (QED) is 0.384. The third-order valence-corrected chi connectivity index (χ3v) is 6.91. The number of aliphatic hydroxyl groups is 2. The molecule has 1 unspecified atom stereocenters. The van der Waals surface area contributed by atoms with Crippen molar-refractivity contribution in [2.75, 3.05) is 5.32 Å². The molecule has 0 fully saturated rings. The molecule has 2 heterocycles. The summed E-state index contributed by atoms with van der Waals surface area (Å²) in [4.78, 5) is 13.7. The van der Waals surface area contributed by atoms with Crippen LogP contribution < -0.4 is 5.32 Å². The van der Waals surface area contributed by atoms with Crippen molar-refractivity contribution in [2.45, 2.75) is 71.8 Å². The number of nitrogens with zero attached hydrogens (tertiary/aromatic N) is 4. The maximum atomic E-state index is 10.7. The van der Waals surface area contributed by atoms with E-state index in [4.69, 9.17) is 23.2 Å². The average Bonchev–Trinajstić information content (AvgIpc) is 3.16. The predicted octanol–water partition coefficient (Wildman–Crippen LogP) is 5.74. The third kappa shape index (κ3) is 4.54. The van der Waals surface area contributed by atoms with Crippen molar-refractivity contribution >= 4 is 40.2 Å². The van der Waals surface area contributed by atoms with E-state index in [0.29, 0.717) is 38.6 Å². The van der Waals surface area contributed by atoms with E-state index in [9.17, 15) is 10.2 Å². The Morgan fingerprint density at radius 1 is 1.18 bits per heavy atom. The highest BCUT2D eigenvalue weighted by Gasteiger charge is 2.30. The second-order valence-electron chi connectivity index (χ2n) is 9.95. The van der Waals surface area contributed by atoms with E-state index in [1.54, 1.807) is 26.1 Å². The normalized spacial score (nSPS) is 21.3. The van der Waals surface area contributed by atoms with Crippen molar-refractivity contribution in [2.24, 2.45) is 5.92 Å². The number of aromatic nitrogens is 4. The number of aliphatic hydroxyl groups excluding tert-OH is 1. The van der Waals surface area contributed by atoms with Gasteiger partial charge in [0.2, 0.25) is 5.95 Å². The average molecular weight is 504 g/mol. The smallest absolute Gasteiger partial charge is 0.223 e. The van der Waals surface area contributed by atoms with Gasteiger partial charge in [0.25, 0.3) is 0 Å². The van der Waals surface area contributed by atoms with Gasteiger partial charge in [0.15, 0.2) is 0 Å². The predicted molar refractivity (Wildman–Crippen MR) is 137 cm³/mol. The van der Waals surface area contributed by atoms with Gasteiger partial charge in [-0.2, -0.15) is 0 Å². The number of halogens is 2. The number of imidazole rings is 1. The van der Waals surface area contributed by atoms with Crippen LogP contribution in [0.4, 0.5) is 5.95 Å². The first kappa shape index (κ1) is 24.9. The molecule has 0 spiro atoms. The summed E-state index contributed by atoms with van der Waals surface area (Å²) in [6.07, 6.45) is 3.97. The second-order valence-corrected chi connectivity index (χ2v) is 10.8. The summed E-state index contributed by atoms with van der Waals surface area (Å²) in [6, 6.07) is 3.47. The zero-order valence-corrected chi connectivity index (χ0v) is 21.8. The Morgan fingerprint density at radius 3 is 2.53 bits per heavy atom. The summed E-state index contributed by atoms with van der Waals surface area (Å²) in [6.45, 7) is 11.5. The molecule has 3 atom stereocenters. The first-order valence-corrected chi connectivity index (χ1v) is 12.2. The van der Waals surface area contributed by atoms with Crippen LogP contribution in [-0.4, -0.2) is 41.9 Å². The SMILES string of the molecule is CC1=CC[C@H](C)[C@H](O)C1Nc1ncc(Cl)c(-c2cc(Cl)c3nc(C(C)(C)O)n(C(C)C)c3c2)n1. The minimum Gasteiger partial charge on any atom is -0.390 e. The van der Waals surface area contributed by atoms with Gasteiger partial charge in [-0.25, -0.2) is 15.0 Å². The number of hydrogen-bond donors (Lipinski definition) is 3. The molecule has 9 heteroatoms. The minimum absolute atomic E-state index is 0.0420. The fraction of sp³-hybridized carbons (Fsp3) is 0.480. The molecule has 1 aliphatic rings. The molecule has 0 bridgehead atoms. The van der Waals surface area contributed by atoms with Crippen molar-refractivity contribution in [3.63, 3.8) is 0 Å². The molecular weight excluding hydrogens is 473 g/mol. The molecule has 3 aromatic rings. The molecule has 0 saturated heterocycles. The van der Waals surface area contributed by atoms with E-state index >= 15 is 0 Å². The lowest BCUT2D eigenvalue weighted by Crippen LogP contribution is -2.41. The summed E-state index contributed by atoms with van der Waals surface area (Å²) in [7, 11) is 0. The molecule has 34 heavy (non-hydrogen) atoms. The Balaban J connectivity index is 1.81. The highest BCUT2D eigenvalue weighted by atomic mass is 35.5. The zero-order chi connectivity index (χ0) is 24.9. The Kier molecular flexibility index (Phi) is 6.68. The monoisotopic (exact) mass is 503 g/mol. The Labute approximate surface area is 209 Å². The lowest BCUT2D eigenvalue weighted by atomic mass is 9.85. The van der Waals surface area contributed by atoms with Gasteiger partial charge < -0.3 is 20.1 Å². The van der Waals surface area contributed by atoms with Gasteiger partial charge in [-0.05, 0) is 59.1 Å². The van der Waals surface area contributed by atoms with Gasteiger partial charge in [-0.3, -0.25) is 0 Å². The molecule has 182 valence electrons. The maximum Gasteiger partial charge on any atom is 0.223 e. The second kappa shape index (κ2) is 9.11. The number of hydrogen-bond acceptors (Lipinski definition) is 6. The number of fused-ring (bicyclic) bond motifs is 1. The van der Waals surface area contributed by atoms with E-state index in [1.807, 2.05) is 38.3 Å². The van der Waals surface area contributed by atoms with Crippen molar-refractivity contribution < 1.29 is 10.2 Å². The lowest BCUT2D eigenvalue weighted by Gasteiger charge is -2.32. The van der Waals surface area contributed by atoms with E-state index in [2.05, 4.69) is 26.3 Å². The zero-order valence-electron chi connectivity index (χ0n) is 20.3. The molecule has 4 rings (SSSR count). The molecule has 1 aromatic carbocycles. The number of nitrogens with one attached hydrogen (secondary N) is 1. The van der Waals surface area contributed by atoms with Gasteiger partial charge >= 0.3 is 0 Å². The molecule has 0 aliphatic heterocycles. The molecule has 0 saturated carbocycles. The van der Waals surface area contributed by atoms with Crippen molar-refractivity contribution in [3.05, 3.63) is 45.8 Å². The van der Waals surface area contributed by atoms with Crippen LogP contribution in [0.1, 0.15) is 59.8 Å². The summed E-state index contributed by atoms with van der Waals surface area (Å²) in [5, 5.41) is 25.5. The topological polar surface area (TPSA) is 96.1 Å². The van der Waals surface area contributed by atoms with Crippen LogP contribution in [0.2, 0.25) is 10.0 Å². The van der Waals surface area contributed by atoms with Gasteiger partial charge in [0, 0.05) is 11.6 Å². The highest BCUT2D eigenvalue weighted by molar-refractivity contribution is 6.36. The fourth-order valence-electron chi connectivity index (χ4n) is 4.46. The largest absolute Gasteiger partial charge is 0.390 e. The minimum atomic E-state index is -1.14. The van der Waals surface area contributed by atoms with E-state index in [0.717, 1.165) is 17.5 Å². The van der Waals surface area contributed by atoms with Crippen molar-refractivity contribution in [3.8, 4) is 11.3 Å². The van der Waals surface area contributed by atoms with Gasteiger partial charge in [-0.15, -0.1) is 0 Å². The molecule has 1 aliphatic carbocycles. The van der Waals surface area contributed by atoms with E-state index < -0.39 is 11.7 Å². The van der Waals surface area contributed by atoms with Crippen LogP contribution in [0.25, 0.3) is 22.3 Å². The summed E-state index contributed by atoms with van der Waals surface area (Å²) in [5.74, 6) is 1.04. The van der Waals surface area contributed by atoms with Crippen molar-refractivity contribution in [1.82, 2.24) is 19.5 Å². The number of anilines is 1. The van der Waals surface area contributed by atoms with Gasteiger partial charge in [0.1, 0.15) is 16.9 Å². The van der Waals surface area contributed by atoms with Crippen LogP contribution >= 0.6 is 23.2 Å². The molecule has 3 N–H and O–H groups in total. The van der Waals surface area contributed by atoms with Crippen molar-refractivity contribution in [1.29, 1.82) is 0 Å². The Hall–Kier alpha value is -2.19. The van der Waals surface area contributed by atoms with E-state index in [-0.39, 0.29) is 18.0 Å². The molecule has 0 amide bonds. The standard InChI is InChI=1S/C25H31Cl2N5O2/c1-12(2)32-18-10-15(9-16(26)21(18)29-23(32)25(5,6)34)20-17(27)11-28-24(31-20)30-19-13(3)7-8-14(4)22(19)33/h7,9-12,14,19,22,33-34H,8H2,1-6H3,(H,28,30,31)/t14-,19?,22-/m0/s1. The van der Waals surface area contributed by atoms with E-state index in [1.165, 1.54) is 0 Å². The molecule has 2 aromatic heterocycles. The third-order valence-electron chi connectivity index (χ3n) is 6.34. The first-order valence-electron chi connectivity index (χ1n) is 11.5. The first-order chi connectivity index (χ1) is 15.9. The Morgan fingerprint density at radius 2 is 1.88 bits per heavy atom. The number of rotatable bonds is 5. The van der Waals surface area contributed by atoms with Gasteiger partial charge in [-0.1, -0.05) is 41.8 Å². The summed E-state index contributed by atoms with van der Waals surface area (Å²) in [5.41, 5.74) is 2.54. The Bertz CT molecular complexity index is 1260. The highest BCUT2D eigenvalue weighted by Crippen LogP contribution is 2.37. The summed E-state index contributed by atoms with van der Waals surface area (Å²) < 4.78 is 1.98. The lowest BCUT2D eigenvalue weighted by molar-refractivity contribution is 0.0641. The number of allylic oxidation sites excluding steroid dienone is 1. The van der Waals surface area contributed by atoms with Crippen LogP contribution in [-0.2, 0) is 5.60 Å². The van der Waals surface area contributed by atoms with Gasteiger partial charge in [0.05, 0.1) is 39.6 Å². The summed E-state index contributed by atoms with van der Waals surface area (Å²) >= 11 is 13.2. The van der Waals surface area contributed by atoms with Crippen LogP contribution in [0.3, 0.4) is 0 Å². The maximum absolute atomic E-state index is 10.7. The number of benzene rings is 1. The molecular formula is C25H31Cl2N5O2.